The molecule has 1 aliphatic heterocycles. The van der Waals surface area contributed by atoms with Crippen molar-refractivity contribution in [3.05, 3.63) is 12.7 Å². The van der Waals surface area contributed by atoms with Crippen LogP contribution >= 0.6 is 0 Å². The normalized spacial score (nSPS) is 19.4. The summed E-state index contributed by atoms with van der Waals surface area (Å²) in [6.07, 6.45) is 6.70. The highest BCUT2D eigenvalue weighted by atomic mass is 16.5. The maximum absolute atomic E-state index is 11.5. The fourth-order valence-corrected chi connectivity index (χ4v) is 2.18. The van der Waals surface area contributed by atoms with Gasteiger partial charge in [-0.05, 0) is 44.7 Å². The summed E-state index contributed by atoms with van der Waals surface area (Å²) in [6, 6.07) is 0. The van der Waals surface area contributed by atoms with Crippen molar-refractivity contribution in [3.63, 3.8) is 0 Å². The Kier molecular flexibility index (Phi) is 8.51. The zero-order valence-corrected chi connectivity index (χ0v) is 11.2. The number of rotatable bonds is 9. The lowest BCUT2D eigenvalue weighted by Crippen LogP contribution is -2.33. The molecule has 1 atom stereocenters. The minimum absolute atomic E-state index is 0.140. The quantitative estimate of drug-likeness (QED) is 0.484. The van der Waals surface area contributed by atoms with E-state index >= 15 is 0 Å². The first-order valence-corrected chi connectivity index (χ1v) is 6.99. The van der Waals surface area contributed by atoms with Crippen molar-refractivity contribution in [2.24, 2.45) is 5.92 Å². The molecule has 0 aromatic rings. The van der Waals surface area contributed by atoms with Crippen LogP contribution in [0, 0.1) is 5.92 Å². The van der Waals surface area contributed by atoms with Crippen molar-refractivity contribution in [2.45, 2.75) is 32.1 Å². The van der Waals surface area contributed by atoms with Crippen molar-refractivity contribution in [1.82, 2.24) is 10.6 Å². The van der Waals surface area contributed by atoms with Gasteiger partial charge in [0.25, 0.3) is 0 Å². The Morgan fingerprint density at radius 1 is 1.56 bits per heavy atom. The predicted molar refractivity (Wildman–Crippen MR) is 73.5 cm³/mol. The van der Waals surface area contributed by atoms with E-state index in [9.17, 15) is 4.79 Å². The molecule has 18 heavy (non-hydrogen) atoms. The second kappa shape index (κ2) is 10.1. The monoisotopic (exact) mass is 254 g/mol. The van der Waals surface area contributed by atoms with E-state index in [2.05, 4.69) is 17.2 Å². The molecule has 0 radical (unpaired) electrons. The minimum Gasteiger partial charge on any atom is -0.377 e. The van der Waals surface area contributed by atoms with Crippen LogP contribution in [0.4, 0.5) is 0 Å². The number of carbonyl (C=O) groups is 1. The SMILES string of the molecule is C=CCOCCCC(=O)NCCC1CCCNC1. The molecule has 4 heteroatoms. The van der Waals surface area contributed by atoms with Crippen molar-refractivity contribution >= 4 is 5.91 Å². The molecule has 0 aliphatic carbocycles. The highest BCUT2D eigenvalue weighted by Crippen LogP contribution is 2.12. The van der Waals surface area contributed by atoms with E-state index in [0.717, 1.165) is 38.4 Å². The Labute approximate surface area is 110 Å². The fraction of sp³-hybridized carbons (Fsp3) is 0.786. The summed E-state index contributed by atoms with van der Waals surface area (Å²) in [5.41, 5.74) is 0. The van der Waals surface area contributed by atoms with Gasteiger partial charge in [0.1, 0.15) is 0 Å². The molecule has 1 aliphatic rings. The molecule has 0 aromatic heterocycles. The molecule has 1 rings (SSSR count). The summed E-state index contributed by atoms with van der Waals surface area (Å²) in [6.45, 7) is 7.82. The molecule has 0 spiro atoms. The second-order valence-corrected chi connectivity index (χ2v) is 4.82. The largest absolute Gasteiger partial charge is 0.377 e. The maximum atomic E-state index is 11.5. The second-order valence-electron chi connectivity index (χ2n) is 4.82. The number of carbonyl (C=O) groups excluding carboxylic acids is 1. The Balaban J connectivity index is 1.91. The molecule has 0 saturated carbocycles. The fourth-order valence-electron chi connectivity index (χ4n) is 2.18. The molecule has 0 bridgehead atoms. The highest BCUT2D eigenvalue weighted by molar-refractivity contribution is 5.75. The molecule has 2 N–H and O–H groups in total. The number of amides is 1. The van der Waals surface area contributed by atoms with Crippen LogP contribution in [-0.4, -0.2) is 38.8 Å². The van der Waals surface area contributed by atoms with Gasteiger partial charge in [-0.1, -0.05) is 6.08 Å². The number of piperidine rings is 1. The highest BCUT2D eigenvalue weighted by Gasteiger charge is 2.12. The molecule has 0 aromatic carbocycles. The van der Waals surface area contributed by atoms with Crippen molar-refractivity contribution in [2.75, 3.05) is 32.8 Å². The van der Waals surface area contributed by atoms with Gasteiger partial charge >= 0.3 is 0 Å². The van der Waals surface area contributed by atoms with E-state index in [1.165, 1.54) is 12.8 Å². The van der Waals surface area contributed by atoms with Gasteiger partial charge in [0.2, 0.25) is 5.91 Å². The number of ether oxygens (including phenoxy) is 1. The van der Waals surface area contributed by atoms with Crippen LogP contribution in [0.15, 0.2) is 12.7 Å². The van der Waals surface area contributed by atoms with Crippen molar-refractivity contribution in [3.8, 4) is 0 Å². The van der Waals surface area contributed by atoms with Crippen molar-refractivity contribution in [1.29, 1.82) is 0 Å². The van der Waals surface area contributed by atoms with Gasteiger partial charge in [-0.2, -0.15) is 0 Å². The van der Waals surface area contributed by atoms with Gasteiger partial charge in [-0.3, -0.25) is 4.79 Å². The van der Waals surface area contributed by atoms with Crippen LogP contribution in [0.2, 0.25) is 0 Å². The van der Waals surface area contributed by atoms with Crippen LogP contribution < -0.4 is 10.6 Å². The zero-order chi connectivity index (χ0) is 13.1. The van der Waals surface area contributed by atoms with Gasteiger partial charge in [-0.15, -0.1) is 6.58 Å². The van der Waals surface area contributed by atoms with Gasteiger partial charge in [-0.25, -0.2) is 0 Å². The first-order chi connectivity index (χ1) is 8.83. The average molecular weight is 254 g/mol. The smallest absolute Gasteiger partial charge is 0.220 e. The Hall–Kier alpha value is -0.870. The summed E-state index contributed by atoms with van der Waals surface area (Å²) in [5, 5.41) is 6.37. The van der Waals surface area contributed by atoms with E-state index in [1.807, 2.05) is 0 Å². The lowest BCUT2D eigenvalue weighted by molar-refractivity contribution is -0.121. The topological polar surface area (TPSA) is 50.4 Å². The summed E-state index contributed by atoms with van der Waals surface area (Å²) < 4.78 is 5.23. The first-order valence-electron chi connectivity index (χ1n) is 6.99. The van der Waals surface area contributed by atoms with Crippen LogP contribution in [0.25, 0.3) is 0 Å². The van der Waals surface area contributed by atoms with Gasteiger partial charge in [0.05, 0.1) is 6.61 Å². The van der Waals surface area contributed by atoms with E-state index in [0.29, 0.717) is 19.6 Å². The summed E-state index contributed by atoms with van der Waals surface area (Å²) in [4.78, 5) is 11.5. The van der Waals surface area contributed by atoms with Crippen LogP contribution in [0.3, 0.4) is 0 Å². The first kappa shape index (κ1) is 15.2. The lowest BCUT2D eigenvalue weighted by Gasteiger charge is -2.22. The third-order valence-electron chi connectivity index (χ3n) is 3.20. The molecule has 1 unspecified atom stereocenters. The van der Waals surface area contributed by atoms with Gasteiger partial charge in [0.15, 0.2) is 0 Å². The molecular formula is C14H26N2O2. The molecule has 1 heterocycles. The number of hydrogen-bond acceptors (Lipinski definition) is 3. The van der Waals surface area contributed by atoms with Crippen LogP contribution in [0.5, 0.6) is 0 Å². The van der Waals surface area contributed by atoms with Gasteiger partial charge < -0.3 is 15.4 Å². The summed E-state index contributed by atoms with van der Waals surface area (Å²) in [5.74, 6) is 0.871. The summed E-state index contributed by atoms with van der Waals surface area (Å²) in [7, 11) is 0. The maximum Gasteiger partial charge on any atom is 0.220 e. The Morgan fingerprint density at radius 3 is 3.17 bits per heavy atom. The number of hydrogen-bond donors (Lipinski definition) is 2. The average Bonchev–Trinajstić information content (AvgIpc) is 2.40. The minimum atomic E-state index is 0.140. The third-order valence-corrected chi connectivity index (χ3v) is 3.20. The zero-order valence-electron chi connectivity index (χ0n) is 11.2. The Bertz CT molecular complexity index is 238. The lowest BCUT2D eigenvalue weighted by atomic mass is 9.96. The molecule has 1 fully saturated rings. The van der Waals surface area contributed by atoms with Gasteiger partial charge in [0, 0.05) is 19.6 Å². The molecule has 104 valence electrons. The van der Waals surface area contributed by atoms with E-state index in [4.69, 9.17) is 4.74 Å². The van der Waals surface area contributed by atoms with Crippen molar-refractivity contribution < 1.29 is 9.53 Å². The van der Waals surface area contributed by atoms with Crippen LogP contribution in [0.1, 0.15) is 32.1 Å². The summed E-state index contributed by atoms with van der Waals surface area (Å²) >= 11 is 0. The van der Waals surface area contributed by atoms with E-state index in [-0.39, 0.29) is 5.91 Å². The molecule has 1 amide bonds. The molecular weight excluding hydrogens is 228 g/mol. The van der Waals surface area contributed by atoms with E-state index < -0.39 is 0 Å². The standard InChI is InChI=1S/C14H26N2O2/c1-2-10-18-11-4-6-14(17)16-9-7-13-5-3-8-15-12-13/h2,13,15H,1,3-12H2,(H,16,17). The number of nitrogens with one attached hydrogen (secondary N) is 2. The third kappa shape index (κ3) is 7.45. The van der Waals surface area contributed by atoms with Crippen LogP contribution in [-0.2, 0) is 9.53 Å². The predicted octanol–water partition coefficient (Wildman–Crippen LogP) is 1.48. The Morgan fingerprint density at radius 2 is 2.44 bits per heavy atom. The molecule has 1 saturated heterocycles. The van der Waals surface area contributed by atoms with E-state index in [1.54, 1.807) is 6.08 Å². The molecule has 4 nitrogen and oxygen atoms in total.